The summed E-state index contributed by atoms with van der Waals surface area (Å²) >= 11 is 1.37. The molecule has 0 saturated carbocycles. The summed E-state index contributed by atoms with van der Waals surface area (Å²) < 4.78 is 10.4. The minimum absolute atomic E-state index is 0.308. The van der Waals surface area contributed by atoms with Gasteiger partial charge in [-0.05, 0) is 24.3 Å². The van der Waals surface area contributed by atoms with Gasteiger partial charge in [0.15, 0.2) is 6.61 Å². The van der Waals surface area contributed by atoms with Crippen molar-refractivity contribution in [2.24, 2.45) is 0 Å². The van der Waals surface area contributed by atoms with E-state index < -0.39 is 35.8 Å². The van der Waals surface area contributed by atoms with Crippen molar-refractivity contribution in [3.63, 3.8) is 0 Å². The third-order valence-electron chi connectivity index (χ3n) is 4.06. The molecule has 1 fully saturated rings. The van der Waals surface area contributed by atoms with Gasteiger partial charge in [-0.1, -0.05) is 18.2 Å². The molecule has 2 aromatic rings. The molecule has 9 heteroatoms. The summed E-state index contributed by atoms with van der Waals surface area (Å²) in [4.78, 5) is 49.7. The predicted octanol–water partition coefficient (Wildman–Crippen LogP) is 1.74. The van der Waals surface area contributed by atoms with Crippen molar-refractivity contribution in [1.82, 2.24) is 10.2 Å². The molecular formula is C19H18N2O6S. The number of benzene rings is 1. The second-order valence-electron chi connectivity index (χ2n) is 5.99. The number of nitrogens with zero attached hydrogens (tertiary/aromatic N) is 1. The Morgan fingerprint density at radius 3 is 2.57 bits per heavy atom. The van der Waals surface area contributed by atoms with Gasteiger partial charge in [0, 0.05) is 18.2 Å². The van der Waals surface area contributed by atoms with E-state index in [0.29, 0.717) is 17.1 Å². The molecule has 0 spiro atoms. The summed E-state index contributed by atoms with van der Waals surface area (Å²) in [5.74, 6) is -1.47. The van der Waals surface area contributed by atoms with Gasteiger partial charge in [-0.15, -0.1) is 11.8 Å². The molecule has 3 rings (SSSR count). The third kappa shape index (κ3) is 4.42. The smallest absolute Gasteiger partial charge is 0.330 e. The highest BCUT2D eigenvalue weighted by molar-refractivity contribution is 7.99. The molecule has 0 bridgehead atoms. The van der Waals surface area contributed by atoms with Crippen molar-refractivity contribution >= 4 is 35.5 Å². The van der Waals surface area contributed by atoms with Gasteiger partial charge in [0.2, 0.25) is 5.91 Å². The Bertz CT molecular complexity index is 868. The summed E-state index contributed by atoms with van der Waals surface area (Å²) in [6.07, 6.45) is 1.49. The zero-order valence-electron chi connectivity index (χ0n) is 15.0. The van der Waals surface area contributed by atoms with Crippen molar-refractivity contribution in [3.8, 4) is 0 Å². The van der Waals surface area contributed by atoms with Crippen LogP contribution in [0.15, 0.2) is 53.1 Å². The summed E-state index contributed by atoms with van der Waals surface area (Å²) in [6, 6.07) is 10.8. The SMILES string of the molecule is CC(=O)N1[C@@H](c2ccco2)SC[C@H]1C(=O)OCC(=O)NC(=O)c1ccccc1. The van der Waals surface area contributed by atoms with Gasteiger partial charge >= 0.3 is 5.97 Å². The van der Waals surface area contributed by atoms with Gasteiger partial charge in [0.05, 0.1) is 6.26 Å². The van der Waals surface area contributed by atoms with Gasteiger partial charge in [-0.25, -0.2) is 4.79 Å². The Labute approximate surface area is 165 Å². The van der Waals surface area contributed by atoms with Crippen LogP contribution in [0.3, 0.4) is 0 Å². The second kappa shape index (κ2) is 8.75. The maximum atomic E-state index is 12.4. The van der Waals surface area contributed by atoms with E-state index in [-0.39, 0.29) is 5.91 Å². The third-order valence-corrected chi connectivity index (χ3v) is 5.34. The van der Waals surface area contributed by atoms with E-state index in [1.165, 1.54) is 29.8 Å². The van der Waals surface area contributed by atoms with E-state index in [9.17, 15) is 19.2 Å². The molecule has 0 radical (unpaired) electrons. The minimum Gasteiger partial charge on any atom is -0.466 e. The topological polar surface area (TPSA) is 106 Å². The van der Waals surface area contributed by atoms with E-state index in [1.54, 1.807) is 42.5 Å². The standard InChI is InChI=1S/C19H18N2O6S/c1-12(22)21-14(11-28-18(21)15-8-5-9-26-15)19(25)27-10-16(23)20-17(24)13-6-3-2-4-7-13/h2-9,14,18H,10-11H2,1H3,(H,20,23,24)/t14-,18+/m0/s1. The zero-order chi connectivity index (χ0) is 20.1. The summed E-state index contributed by atoms with van der Waals surface area (Å²) in [5.41, 5.74) is 0.318. The van der Waals surface area contributed by atoms with Crippen LogP contribution < -0.4 is 5.32 Å². The highest BCUT2D eigenvalue weighted by Gasteiger charge is 2.43. The molecule has 2 heterocycles. The average molecular weight is 402 g/mol. The predicted molar refractivity (Wildman–Crippen MR) is 100 cm³/mol. The fraction of sp³-hybridized carbons (Fsp3) is 0.263. The number of rotatable bonds is 5. The summed E-state index contributed by atoms with van der Waals surface area (Å²) in [6.45, 7) is 0.739. The number of furan rings is 1. The maximum absolute atomic E-state index is 12.4. The molecule has 146 valence electrons. The molecule has 1 N–H and O–H groups in total. The quantitative estimate of drug-likeness (QED) is 0.760. The van der Waals surface area contributed by atoms with E-state index in [0.717, 1.165) is 0 Å². The van der Waals surface area contributed by atoms with E-state index in [4.69, 9.17) is 9.15 Å². The number of carbonyl (C=O) groups excluding carboxylic acids is 4. The van der Waals surface area contributed by atoms with Crippen molar-refractivity contribution in [3.05, 3.63) is 60.1 Å². The van der Waals surface area contributed by atoms with E-state index >= 15 is 0 Å². The molecule has 1 aromatic heterocycles. The van der Waals surface area contributed by atoms with Crippen LogP contribution in [0.25, 0.3) is 0 Å². The highest BCUT2D eigenvalue weighted by atomic mass is 32.2. The number of ether oxygens (including phenoxy) is 1. The summed E-state index contributed by atoms with van der Waals surface area (Å²) in [7, 11) is 0. The number of esters is 1. The monoisotopic (exact) mass is 402 g/mol. The first-order valence-electron chi connectivity index (χ1n) is 8.47. The molecule has 0 unspecified atom stereocenters. The van der Waals surface area contributed by atoms with Gasteiger partial charge in [-0.2, -0.15) is 0 Å². The number of imide groups is 1. The Hall–Kier alpha value is -3.07. The molecule has 8 nitrogen and oxygen atoms in total. The highest BCUT2D eigenvalue weighted by Crippen LogP contribution is 2.41. The number of hydrogen-bond donors (Lipinski definition) is 1. The van der Waals surface area contributed by atoms with Crippen LogP contribution in [-0.2, 0) is 19.1 Å². The van der Waals surface area contributed by atoms with Crippen molar-refractivity contribution in [2.75, 3.05) is 12.4 Å². The van der Waals surface area contributed by atoms with Crippen LogP contribution >= 0.6 is 11.8 Å². The molecule has 0 aliphatic carbocycles. The van der Waals surface area contributed by atoms with Crippen LogP contribution in [0, 0.1) is 0 Å². The second-order valence-corrected chi connectivity index (χ2v) is 7.11. The van der Waals surface area contributed by atoms with E-state index in [1.807, 2.05) is 0 Å². The van der Waals surface area contributed by atoms with Crippen LogP contribution in [0.2, 0.25) is 0 Å². The van der Waals surface area contributed by atoms with Crippen LogP contribution in [0.4, 0.5) is 0 Å². The lowest BCUT2D eigenvalue weighted by atomic mass is 10.2. The number of amides is 3. The normalized spacial score (nSPS) is 18.5. The Kier molecular flexibility index (Phi) is 6.15. The first kappa shape index (κ1) is 19.7. The van der Waals surface area contributed by atoms with Gasteiger partial charge in [-0.3, -0.25) is 19.7 Å². The lowest BCUT2D eigenvalue weighted by molar-refractivity contribution is -0.156. The van der Waals surface area contributed by atoms with Gasteiger partial charge in [0.1, 0.15) is 17.2 Å². The lowest BCUT2D eigenvalue weighted by Gasteiger charge is -2.25. The molecule has 3 amide bonds. The Morgan fingerprint density at radius 2 is 1.93 bits per heavy atom. The molecule has 28 heavy (non-hydrogen) atoms. The van der Waals surface area contributed by atoms with Crippen LogP contribution in [0.5, 0.6) is 0 Å². The molecule has 2 atom stereocenters. The van der Waals surface area contributed by atoms with Crippen molar-refractivity contribution in [1.29, 1.82) is 0 Å². The molecule has 1 aliphatic rings. The lowest BCUT2D eigenvalue weighted by Crippen LogP contribution is -2.44. The molecule has 1 aromatic carbocycles. The Balaban J connectivity index is 1.56. The minimum atomic E-state index is -0.838. The van der Waals surface area contributed by atoms with E-state index in [2.05, 4.69) is 5.32 Å². The fourth-order valence-electron chi connectivity index (χ4n) is 2.78. The van der Waals surface area contributed by atoms with Crippen molar-refractivity contribution < 1.29 is 28.3 Å². The largest absolute Gasteiger partial charge is 0.466 e. The first-order valence-corrected chi connectivity index (χ1v) is 9.52. The van der Waals surface area contributed by atoms with Crippen LogP contribution in [0.1, 0.15) is 28.4 Å². The number of nitrogens with one attached hydrogen (secondary N) is 1. The number of carbonyl (C=O) groups is 4. The maximum Gasteiger partial charge on any atom is 0.330 e. The average Bonchev–Trinajstić information content (AvgIpc) is 3.36. The fourth-order valence-corrected chi connectivity index (χ4v) is 4.20. The summed E-state index contributed by atoms with van der Waals surface area (Å²) in [5, 5.41) is 1.72. The molecule has 1 aliphatic heterocycles. The van der Waals surface area contributed by atoms with Crippen LogP contribution in [-0.4, -0.2) is 47.0 Å². The van der Waals surface area contributed by atoms with Crippen molar-refractivity contribution in [2.45, 2.75) is 18.3 Å². The molecule has 1 saturated heterocycles. The number of hydrogen-bond acceptors (Lipinski definition) is 7. The molecular weight excluding hydrogens is 384 g/mol. The zero-order valence-corrected chi connectivity index (χ0v) is 15.8. The van der Waals surface area contributed by atoms with Gasteiger partial charge < -0.3 is 14.1 Å². The van der Waals surface area contributed by atoms with Gasteiger partial charge in [0.25, 0.3) is 11.8 Å². The Morgan fingerprint density at radius 1 is 1.18 bits per heavy atom. The number of thioether (sulfide) groups is 1. The first-order chi connectivity index (χ1) is 13.5.